The predicted octanol–water partition coefficient (Wildman–Crippen LogP) is 2.30. The van der Waals surface area contributed by atoms with Crippen molar-refractivity contribution >= 4 is 5.91 Å². The van der Waals surface area contributed by atoms with Crippen molar-refractivity contribution < 1.29 is 18.0 Å². The van der Waals surface area contributed by atoms with Crippen molar-refractivity contribution in [1.82, 2.24) is 9.88 Å². The lowest BCUT2D eigenvalue weighted by Gasteiger charge is -2.29. The van der Waals surface area contributed by atoms with Gasteiger partial charge in [0.15, 0.2) is 0 Å². The largest absolute Gasteiger partial charge is 0.417 e. The summed E-state index contributed by atoms with van der Waals surface area (Å²) < 4.78 is 37.5. The number of likely N-dealkylation sites (tertiary alicyclic amines) is 1. The summed E-state index contributed by atoms with van der Waals surface area (Å²) in [6.07, 6.45) is -0.626. The summed E-state index contributed by atoms with van der Waals surface area (Å²) in [6, 6.07) is 2.15. The minimum absolute atomic E-state index is 0.0558. The lowest BCUT2D eigenvalue weighted by Crippen LogP contribution is -2.38. The normalized spacial score (nSPS) is 28.5. The van der Waals surface area contributed by atoms with Gasteiger partial charge >= 0.3 is 6.18 Å². The molecule has 2 heterocycles. The Morgan fingerprint density at radius 3 is 2.64 bits per heavy atom. The van der Waals surface area contributed by atoms with Gasteiger partial charge in [0.1, 0.15) is 5.69 Å². The van der Waals surface area contributed by atoms with Crippen LogP contribution in [0.4, 0.5) is 13.2 Å². The van der Waals surface area contributed by atoms with Crippen molar-refractivity contribution in [2.45, 2.75) is 31.5 Å². The van der Waals surface area contributed by atoms with Crippen LogP contribution in [0.1, 0.15) is 35.3 Å². The number of hydrogen-bond donors (Lipinski definition) is 1. The highest BCUT2D eigenvalue weighted by atomic mass is 19.4. The molecule has 2 N–H and O–H groups in total. The third kappa shape index (κ3) is 2.82. The van der Waals surface area contributed by atoms with Crippen molar-refractivity contribution in [3.05, 3.63) is 29.6 Å². The number of carbonyl (C=O) groups is 1. The average Bonchev–Trinajstić information content (AvgIpc) is 2.91. The van der Waals surface area contributed by atoms with Gasteiger partial charge in [0.2, 0.25) is 0 Å². The van der Waals surface area contributed by atoms with E-state index in [2.05, 4.69) is 4.98 Å². The van der Waals surface area contributed by atoms with Gasteiger partial charge in [-0.2, -0.15) is 13.2 Å². The SMILES string of the molecule is NC1CCCC2CN(C(=O)c3ccc(C(F)(F)F)cn3)CC12. The molecule has 1 aliphatic carbocycles. The molecule has 22 heavy (non-hydrogen) atoms. The predicted molar refractivity (Wildman–Crippen MR) is 73.9 cm³/mol. The molecule has 120 valence electrons. The first kappa shape index (κ1) is 15.3. The second kappa shape index (κ2) is 5.53. The number of halogens is 3. The number of hydrogen-bond acceptors (Lipinski definition) is 3. The highest BCUT2D eigenvalue weighted by molar-refractivity contribution is 5.92. The zero-order valence-electron chi connectivity index (χ0n) is 12.0. The fourth-order valence-electron chi connectivity index (χ4n) is 3.53. The smallest absolute Gasteiger partial charge is 0.337 e. The van der Waals surface area contributed by atoms with Crippen LogP contribution in [0.25, 0.3) is 0 Å². The Kier molecular flexibility index (Phi) is 3.84. The number of carbonyl (C=O) groups excluding carboxylic acids is 1. The highest BCUT2D eigenvalue weighted by Crippen LogP contribution is 2.36. The molecule has 4 nitrogen and oxygen atoms in total. The molecule has 3 unspecified atom stereocenters. The zero-order chi connectivity index (χ0) is 15.9. The molecule has 1 aromatic rings. The maximum Gasteiger partial charge on any atom is 0.417 e. The number of nitrogens with two attached hydrogens (primary N) is 1. The van der Waals surface area contributed by atoms with Gasteiger partial charge in [-0.3, -0.25) is 9.78 Å². The third-order valence-electron chi connectivity index (χ3n) is 4.75. The first-order valence-corrected chi connectivity index (χ1v) is 7.44. The number of nitrogens with zero attached hydrogens (tertiary/aromatic N) is 2. The second-order valence-electron chi connectivity index (χ2n) is 6.16. The van der Waals surface area contributed by atoms with Crippen LogP contribution in [0.5, 0.6) is 0 Å². The van der Waals surface area contributed by atoms with Gasteiger partial charge in [0, 0.05) is 25.3 Å². The first-order valence-electron chi connectivity index (χ1n) is 7.44. The van der Waals surface area contributed by atoms with Crippen LogP contribution in [-0.4, -0.2) is 34.9 Å². The van der Waals surface area contributed by atoms with Gasteiger partial charge < -0.3 is 10.6 Å². The Morgan fingerprint density at radius 1 is 1.27 bits per heavy atom. The Hall–Kier alpha value is -1.63. The number of pyridine rings is 1. The van der Waals surface area contributed by atoms with Crippen LogP contribution < -0.4 is 5.73 Å². The summed E-state index contributed by atoms with van der Waals surface area (Å²) in [5.41, 5.74) is 5.32. The summed E-state index contributed by atoms with van der Waals surface area (Å²) in [6.45, 7) is 1.20. The van der Waals surface area contributed by atoms with Crippen LogP contribution >= 0.6 is 0 Å². The van der Waals surface area contributed by atoms with Crippen LogP contribution in [0.3, 0.4) is 0 Å². The Balaban J connectivity index is 1.72. The quantitative estimate of drug-likeness (QED) is 0.865. The summed E-state index contributed by atoms with van der Waals surface area (Å²) in [7, 11) is 0. The van der Waals surface area contributed by atoms with E-state index in [1.165, 1.54) is 0 Å². The van der Waals surface area contributed by atoms with Gasteiger partial charge in [0.05, 0.1) is 5.56 Å². The van der Waals surface area contributed by atoms with Crippen LogP contribution in [-0.2, 0) is 6.18 Å². The number of alkyl halides is 3. The van der Waals surface area contributed by atoms with Crippen molar-refractivity contribution in [3.63, 3.8) is 0 Å². The number of fused-ring (bicyclic) bond motifs is 1. The fraction of sp³-hybridized carbons (Fsp3) is 0.600. The molecule has 3 atom stereocenters. The molecule has 1 aliphatic heterocycles. The Morgan fingerprint density at radius 2 is 2.05 bits per heavy atom. The maximum absolute atomic E-state index is 12.5. The molecule has 1 aromatic heterocycles. The van der Waals surface area contributed by atoms with Crippen LogP contribution in [0.2, 0.25) is 0 Å². The van der Waals surface area contributed by atoms with Crippen molar-refractivity contribution in [2.24, 2.45) is 17.6 Å². The highest BCUT2D eigenvalue weighted by Gasteiger charge is 2.41. The molecule has 2 fully saturated rings. The van der Waals surface area contributed by atoms with E-state index in [9.17, 15) is 18.0 Å². The lowest BCUT2D eigenvalue weighted by atomic mass is 9.78. The monoisotopic (exact) mass is 313 g/mol. The van der Waals surface area contributed by atoms with Crippen LogP contribution in [0, 0.1) is 11.8 Å². The average molecular weight is 313 g/mol. The van der Waals surface area contributed by atoms with E-state index < -0.39 is 11.7 Å². The standard InChI is InChI=1S/C15H18F3N3O/c16-15(17,18)10-4-5-13(20-6-10)14(22)21-7-9-2-1-3-12(19)11(9)8-21/h4-6,9,11-12H,1-3,7-8,19H2. The van der Waals surface area contributed by atoms with Crippen molar-refractivity contribution in [2.75, 3.05) is 13.1 Å². The summed E-state index contributed by atoms with van der Waals surface area (Å²) in [5.74, 6) is 0.393. The van der Waals surface area contributed by atoms with Gasteiger partial charge in [-0.05, 0) is 36.8 Å². The van der Waals surface area contributed by atoms with E-state index in [-0.39, 0.29) is 17.6 Å². The molecule has 0 bridgehead atoms. The third-order valence-corrected chi connectivity index (χ3v) is 4.75. The molecule has 1 amide bonds. The molecule has 1 saturated carbocycles. The van der Waals surface area contributed by atoms with E-state index in [4.69, 9.17) is 5.73 Å². The summed E-state index contributed by atoms with van der Waals surface area (Å²) in [5, 5.41) is 0. The molecule has 1 saturated heterocycles. The van der Waals surface area contributed by atoms with Crippen LogP contribution in [0.15, 0.2) is 18.3 Å². The van der Waals surface area contributed by atoms with Gasteiger partial charge in [-0.25, -0.2) is 0 Å². The summed E-state index contributed by atoms with van der Waals surface area (Å²) in [4.78, 5) is 17.8. The zero-order valence-corrected chi connectivity index (χ0v) is 12.0. The summed E-state index contributed by atoms with van der Waals surface area (Å²) >= 11 is 0. The Bertz CT molecular complexity index is 558. The first-order chi connectivity index (χ1) is 10.4. The van der Waals surface area contributed by atoms with E-state index in [1.54, 1.807) is 4.90 Å². The molecule has 2 aliphatic rings. The van der Waals surface area contributed by atoms with Gasteiger partial charge in [-0.1, -0.05) is 6.42 Å². The minimum atomic E-state index is -4.44. The van der Waals surface area contributed by atoms with Crippen molar-refractivity contribution in [1.29, 1.82) is 0 Å². The molecule has 3 rings (SSSR count). The van der Waals surface area contributed by atoms with E-state index in [0.717, 1.165) is 31.4 Å². The fourth-order valence-corrected chi connectivity index (χ4v) is 3.53. The van der Waals surface area contributed by atoms with E-state index >= 15 is 0 Å². The molecule has 7 heteroatoms. The molecule has 0 spiro atoms. The lowest BCUT2D eigenvalue weighted by molar-refractivity contribution is -0.137. The van der Waals surface area contributed by atoms with Gasteiger partial charge in [-0.15, -0.1) is 0 Å². The molecule has 0 aromatic carbocycles. The second-order valence-corrected chi connectivity index (χ2v) is 6.16. The van der Waals surface area contributed by atoms with E-state index in [1.807, 2.05) is 0 Å². The van der Waals surface area contributed by atoms with Crippen molar-refractivity contribution in [3.8, 4) is 0 Å². The number of rotatable bonds is 1. The molecule has 0 radical (unpaired) electrons. The Labute approximate surface area is 126 Å². The molecular formula is C15H18F3N3O. The van der Waals surface area contributed by atoms with Gasteiger partial charge in [0.25, 0.3) is 5.91 Å². The van der Waals surface area contributed by atoms with E-state index in [0.29, 0.717) is 31.1 Å². The maximum atomic E-state index is 12.5. The minimum Gasteiger partial charge on any atom is -0.337 e. The topological polar surface area (TPSA) is 59.2 Å². The number of amides is 1. The number of aromatic nitrogens is 1. The molecular weight excluding hydrogens is 295 g/mol.